The van der Waals surface area contributed by atoms with Gasteiger partial charge in [-0.3, -0.25) is 14.5 Å². The molecule has 1 N–H and O–H groups in total. The third-order valence-electron chi connectivity index (χ3n) is 4.24. The number of halogens is 1. The Morgan fingerprint density at radius 1 is 1.31 bits per heavy atom. The Hall–Kier alpha value is -2.96. The molecule has 0 saturated carbocycles. The molecule has 136 valence electrons. The molecule has 7 heteroatoms. The van der Waals surface area contributed by atoms with Crippen molar-refractivity contribution in [3.8, 4) is 5.75 Å². The number of aromatic nitrogens is 1. The topological polar surface area (TPSA) is 71.5 Å². The molecular weight excluding hydrogens is 337 g/mol. The number of fused-ring (bicyclic) bond motifs is 1. The minimum atomic E-state index is -1.74. The number of unbranched alkanes of at least 4 members (excludes halogenated alkanes) is 1. The summed E-state index contributed by atoms with van der Waals surface area (Å²) in [6.07, 6.45) is 3.25. The summed E-state index contributed by atoms with van der Waals surface area (Å²) in [6.45, 7) is 3.90. The van der Waals surface area contributed by atoms with Crippen molar-refractivity contribution in [2.24, 2.45) is 0 Å². The quantitative estimate of drug-likeness (QED) is 0.835. The third-order valence-corrected chi connectivity index (χ3v) is 4.24. The lowest BCUT2D eigenvalue weighted by Gasteiger charge is -2.38. The Labute approximate surface area is 151 Å². The smallest absolute Gasteiger partial charge is 0.282 e. The summed E-state index contributed by atoms with van der Waals surface area (Å²) in [4.78, 5) is 31.6. The highest BCUT2D eigenvalue weighted by atomic mass is 19.1. The van der Waals surface area contributed by atoms with Gasteiger partial charge < -0.3 is 10.1 Å². The molecule has 1 aliphatic heterocycles. The molecule has 6 nitrogen and oxygen atoms in total. The van der Waals surface area contributed by atoms with Crippen LogP contribution in [-0.4, -0.2) is 28.9 Å². The summed E-state index contributed by atoms with van der Waals surface area (Å²) in [5, 5.41) is 2.62. The lowest BCUT2D eigenvalue weighted by Crippen LogP contribution is -2.61. The first-order chi connectivity index (χ1) is 12.5. The van der Waals surface area contributed by atoms with Gasteiger partial charge in [0.15, 0.2) is 11.6 Å². The largest absolute Gasteiger partial charge is 0.464 e. The second kappa shape index (κ2) is 7.11. The normalized spacial score (nSPS) is 18.9. The van der Waals surface area contributed by atoms with E-state index in [-0.39, 0.29) is 0 Å². The van der Waals surface area contributed by atoms with Crippen LogP contribution in [0.1, 0.15) is 26.7 Å². The molecule has 2 aromatic rings. The molecular formula is C19H20FN3O3. The maximum absolute atomic E-state index is 13.0. The zero-order chi connectivity index (χ0) is 18.7. The van der Waals surface area contributed by atoms with Crippen molar-refractivity contribution in [1.29, 1.82) is 0 Å². The molecule has 1 aliphatic rings. The lowest BCUT2D eigenvalue weighted by atomic mass is 10.0. The van der Waals surface area contributed by atoms with Crippen molar-refractivity contribution < 1.29 is 18.7 Å². The van der Waals surface area contributed by atoms with E-state index in [2.05, 4.69) is 10.3 Å². The van der Waals surface area contributed by atoms with Crippen molar-refractivity contribution in [1.82, 2.24) is 4.98 Å². The van der Waals surface area contributed by atoms with Gasteiger partial charge in [0.2, 0.25) is 0 Å². The van der Waals surface area contributed by atoms with Crippen LogP contribution in [0.25, 0.3) is 0 Å². The van der Waals surface area contributed by atoms with Gasteiger partial charge in [0, 0.05) is 18.4 Å². The number of carbonyl (C=O) groups excluding carboxylic acids is 2. The van der Waals surface area contributed by atoms with Gasteiger partial charge in [0.25, 0.3) is 17.4 Å². The van der Waals surface area contributed by atoms with Gasteiger partial charge in [0.05, 0.1) is 0 Å². The fourth-order valence-electron chi connectivity index (χ4n) is 2.73. The maximum Gasteiger partial charge on any atom is 0.282 e. The maximum atomic E-state index is 13.0. The molecule has 0 aliphatic carbocycles. The summed E-state index contributed by atoms with van der Waals surface area (Å²) in [5.41, 5.74) is -1.36. The minimum Gasteiger partial charge on any atom is -0.464 e. The second-order valence-corrected chi connectivity index (χ2v) is 6.23. The molecule has 3 rings (SSSR count). The average Bonchev–Trinajstić information content (AvgIpc) is 2.64. The number of benzene rings is 1. The average molecular weight is 357 g/mol. The number of anilines is 2. The lowest BCUT2D eigenvalue weighted by molar-refractivity contribution is -0.145. The van der Waals surface area contributed by atoms with Crippen LogP contribution in [-0.2, 0) is 9.59 Å². The molecule has 0 bridgehead atoms. The highest BCUT2D eigenvalue weighted by Crippen LogP contribution is 2.36. The van der Waals surface area contributed by atoms with Crippen molar-refractivity contribution in [2.75, 3.05) is 16.8 Å². The molecule has 1 aromatic heterocycles. The Morgan fingerprint density at radius 2 is 2.04 bits per heavy atom. The molecule has 2 heterocycles. The number of pyridine rings is 1. The van der Waals surface area contributed by atoms with Crippen LogP contribution in [0.3, 0.4) is 0 Å². The van der Waals surface area contributed by atoms with Gasteiger partial charge in [-0.2, -0.15) is 0 Å². The third kappa shape index (κ3) is 3.24. The Bertz CT molecular complexity index is 825. The predicted molar refractivity (Wildman–Crippen MR) is 95.6 cm³/mol. The molecule has 26 heavy (non-hydrogen) atoms. The van der Waals surface area contributed by atoms with E-state index in [0.717, 1.165) is 12.8 Å². The molecule has 2 amide bonds. The van der Waals surface area contributed by atoms with Crippen LogP contribution in [0.2, 0.25) is 0 Å². The first-order valence-electron chi connectivity index (χ1n) is 8.48. The van der Waals surface area contributed by atoms with E-state index in [9.17, 15) is 14.0 Å². The van der Waals surface area contributed by atoms with Crippen LogP contribution < -0.4 is 15.0 Å². The van der Waals surface area contributed by atoms with Gasteiger partial charge in [-0.1, -0.05) is 13.3 Å². The number of nitrogens with one attached hydrogen (secondary N) is 1. The molecule has 0 spiro atoms. The van der Waals surface area contributed by atoms with Gasteiger partial charge in [0.1, 0.15) is 5.82 Å². The summed E-state index contributed by atoms with van der Waals surface area (Å²) in [7, 11) is 0. The van der Waals surface area contributed by atoms with E-state index in [0.29, 0.717) is 23.8 Å². The summed E-state index contributed by atoms with van der Waals surface area (Å²) >= 11 is 0. The first-order valence-corrected chi connectivity index (χ1v) is 8.48. The number of hydrogen-bond donors (Lipinski definition) is 1. The first kappa shape index (κ1) is 17.8. The van der Waals surface area contributed by atoms with Crippen LogP contribution in [0.15, 0.2) is 42.6 Å². The SMILES string of the molecule is CCCCN1C(=O)[C@@](C)(C(=O)Nc2ccc(F)cc2)Oc2cccnc21. The van der Waals surface area contributed by atoms with E-state index >= 15 is 0 Å². The van der Waals surface area contributed by atoms with Crippen molar-refractivity contribution in [3.05, 3.63) is 48.4 Å². The molecule has 0 radical (unpaired) electrons. The number of amides is 2. The Balaban J connectivity index is 1.91. The fourth-order valence-corrected chi connectivity index (χ4v) is 2.73. The monoisotopic (exact) mass is 357 g/mol. The number of ether oxygens (including phenoxy) is 1. The summed E-state index contributed by atoms with van der Waals surface area (Å²) < 4.78 is 18.8. The zero-order valence-electron chi connectivity index (χ0n) is 14.7. The Kier molecular flexibility index (Phi) is 4.88. The van der Waals surface area contributed by atoms with E-state index in [1.807, 2.05) is 6.92 Å². The highest BCUT2D eigenvalue weighted by Gasteiger charge is 2.51. The number of carbonyl (C=O) groups is 2. The van der Waals surface area contributed by atoms with Crippen LogP contribution in [0.4, 0.5) is 15.9 Å². The standard InChI is InChI=1S/C19H20FN3O3/c1-3-4-12-23-16-15(6-5-11-21-16)26-19(2,18(23)25)17(24)22-14-9-7-13(20)8-10-14/h5-11H,3-4,12H2,1-2H3,(H,22,24)/t19-/m1/s1. The van der Waals surface area contributed by atoms with Crippen LogP contribution >= 0.6 is 0 Å². The number of nitrogens with zero attached hydrogens (tertiary/aromatic N) is 2. The fraction of sp³-hybridized carbons (Fsp3) is 0.316. The van der Waals surface area contributed by atoms with E-state index in [1.54, 1.807) is 18.3 Å². The second-order valence-electron chi connectivity index (χ2n) is 6.23. The van der Waals surface area contributed by atoms with E-state index in [4.69, 9.17) is 4.74 Å². The summed E-state index contributed by atoms with van der Waals surface area (Å²) in [6, 6.07) is 8.67. The number of rotatable bonds is 5. The van der Waals surface area contributed by atoms with Gasteiger partial charge in [-0.05, 0) is 49.7 Å². The van der Waals surface area contributed by atoms with Crippen LogP contribution in [0.5, 0.6) is 5.75 Å². The van der Waals surface area contributed by atoms with Crippen LogP contribution in [0, 0.1) is 5.82 Å². The number of hydrogen-bond acceptors (Lipinski definition) is 4. The highest BCUT2D eigenvalue weighted by molar-refractivity contribution is 6.19. The molecule has 1 aromatic carbocycles. The van der Waals surface area contributed by atoms with E-state index < -0.39 is 23.2 Å². The van der Waals surface area contributed by atoms with Crippen molar-refractivity contribution in [2.45, 2.75) is 32.3 Å². The predicted octanol–water partition coefficient (Wildman–Crippen LogP) is 3.14. The van der Waals surface area contributed by atoms with E-state index in [1.165, 1.54) is 36.1 Å². The van der Waals surface area contributed by atoms with Gasteiger partial charge in [-0.25, -0.2) is 9.37 Å². The van der Waals surface area contributed by atoms with Crippen molar-refractivity contribution >= 4 is 23.3 Å². The van der Waals surface area contributed by atoms with Crippen molar-refractivity contribution in [3.63, 3.8) is 0 Å². The summed E-state index contributed by atoms with van der Waals surface area (Å²) in [5.74, 6) is -0.718. The minimum absolute atomic E-state index is 0.375. The zero-order valence-corrected chi connectivity index (χ0v) is 14.7. The molecule has 0 fully saturated rings. The van der Waals surface area contributed by atoms with Gasteiger partial charge >= 0.3 is 0 Å². The molecule has 1 atom stereocenters. The van der Waals surface area contributed by atoms with Gasteiger partial charge in [-0.15, -0.1) is 0 Å². The molecule has 0 unspecified atom stereocenters. The Morgan fingerprint density at radius 3 is 2.73 bits per heavy atom. The molecule has 0 saturated heterocycles.